The van der Waals surface area contributed by atoms with Crippen molar-refractivity contribution in [1.82, 2.24) is 0 Å². The minimum absolute atomic E-state index is 0.0650. The predicted octanol–water partition coefficient (Wildman–Crippen LogP) is 4.95. The van der Waals surface area contributed by atoms with Crippen LogP contribution in [0, 0.1) is 0 Å². The fourth-order valence-electron chi connectivity index (χ4n) is 3.10. The van der Waals surface area contributed by atoms with Gasteiger partial charge in [-0.1, -0.05) is 66.7 Å². The highest BCUT2D eigenvalue weighted by Crippen LogP contribution is 2.41. The standard InChI is InChI=1S/C22H19NO2/c1-24-19-14-8-13-18(15-19)22-23-20(16-9-4-2-5-10-16)21(25-22)17-11-6-3-7-12-17/h2-15,20-21H,1H3/t20-,21-/m1/s1. The molecule has 0 saturated heterocycles. The van der Waals surface area contributed by atoms with Gasteiger partial charge in [0.25, 0.3) is 0 Å². The zero-order valence-corrected chi connectivity index (χ0v) is 14.0. The van der Waals surface area contributed by atoms with E-state index < -0.39 is 0 Å². The van der Waals surface area contributed by atoms with E-state index in [9.17, 15) is 0 Å². The first-order chi connectivity index (χ1) is 12.3. The zero-order chi connectivity index (χ0) is 17.1. The van der Waals surface area contributed by atoms with Crippen LogP contribution in [-0.2, 0) is 4.74 Å². The largest absolute Gasteiger partial charge is 0.497 e. The highest BCUT2D eigenvalue weighted by Gasteiger charge is 2.34. The summed E-state index contributed by atoms with van der Waals surface area (Å²) in [6.45, 7) is 0. The molecule has 25 heavy (non-hydrogen) atoms. The molecular formula is C22H19NO2. The Morgan fingerprint density at radius 1 is 0.800 bits per heavy atom. The minimum Gasteiger partial charge on any atom is -0.497 e. The predicted molar refractivity (Wildman–Crippen MR) is 99.0 cm³/mol. The summed E-state index contributed by atoms with van der Waals surface area (Å²) in [4.78, 5) is 4.90. The molecule has 0 N–H and O–H groups in total. The van der Waals surface area contributed by atoms with Crippen LogP contribution in [0.5, 0.6) is 5.75 Å². The molecule has 0 bridgehead atoms. The molecule has 0 saturated carbocycles. The van der Waals surface area contributed by atoms with Crippen molar-refractivity contribution >= 4 is 5.90 Å². The maximum absolute atomic E-state index is 6.29. The first-order valence-electron chi connectivity index (χ1n) is 8.34. The molecule has 124 valence electrons. The van der Waals surface area contributed by atoms with Crippen molar-refractivity contribution in [2.75, 3.05) is 7.11 Å². The van der Waals surface area contributed by atoms with Gasteiger partial charge in [-0.3, -0.25) is 0 Å². The zero-order valence-electron chi connectivity index (χ0n) is 14.0. The Balaban J connectivity index is 1.74. The van der Waals surface area contributed by atoms with Crippen molar-refractivity contribution < 1.29 is 9.47 Å². The van der Waals surface area contributed by atoms with E-state index >= 15 is 0 Å². The van der Waals surface area contributed by atoms with Gasteiger partial charge in [-0.25, -0.2) is 4.99 Å². The summed E-state index contributed by atoms with van der Waals surface area (Å²) in [7, 11) is 1.66. The van der Waals surface area contributed by atoms with Crippen molar-refractivity contribution in [3.63, 3.8) is 0 Å². The lowest BCUT2D eigenvalue weighted by molar-refractivity contribution is 0.197. The number of nitrogens with zero attached hydrogens (tertiary/aromatic N) is 1. The SMILES string of the molecule is COc1cccc(C2=N[C@H](c3ccccc3)[C@@H](c3ccccc3)O2)c1. The van der Waals surface area contributed by atoms with E-state index in [-0.39, 0.29) is 12.1 Å². The number of rotatable bonds is 4. The Morgan fingerprint density at radius 3 is 2.16 bits per heavy atom. The summed E-state index contributed by atoms with van der Waals surface area (Å²) in [6.07, 6.45) is -0.134. The fourth-order valence-corrected chi connectivity index (χ4v) is 3.10. The molecule has 0 aliphatic carbocycles. The van der Waals surface area contributed by atoms with E-state index in [1.807, 2.05) is 60.7 Å². The Morgan fingerprint density at radius 2 is 1.48 bits per heavy atom. The molecule has 1 heterocycles. The van der Waals surface area contributed by atoms with E-state index in [1.165, 1.54) is 0 Å². The van der Waals surface area contributed by atoms with E-state index in [0.29, 0.717) is 5.90 Å². The molecule has 0 unspecified atom stereocenters. The second kappa shape index (κ2) is 6.81. The Labute approximate surface area is 147 Å². The summed E-state index contributed by atoms with van der Waals surface area (Å²) < 4.78 is 11.6. The summed E-state index contributed by atoms with van der Waals surface area (Å²) in [5, 5.41) is 0. The van der Waals surface area contributed by atoms with Gasteiger partial charge in [0.15, 0.2) is 6.10 Å². The minimum atomic E-state index is -0.134. The van der Waals surface area contributed by atoms with Crippen molar-refractivity contribution in [1.29, 1.82) is 0 Å². The van der Waals surface area contributed by atoms with E-state index in [1.54, 1.807) is 7.11 Å². The molecule has 0 aromatic heterocycles. The molecule has 3 heteroatoms. The molecule has 0 spiro atoms. The molecule has 0 radical (unpaired) electrons. The number of hydrogen-bond donors (Lipinski definition) is 0. The van der Waals surface area contributed by atoms with Crippen molar-refractivity contribution in [3.05, 3.63) is 102 Å². The molecule has 2 atom stereocenters. The second-order valence-electron chi connectivity index (χ2n) is 5.97. The van der Waals surface area contributed by atoms with E-state index in [4.69, 9.17) is 14.5 Å². The number of aliphatic imine (C=N–C) groups is 1. The average molecular weight is 329 g/mol. The van der Waals surface area contributed by atoms with Crippen LogP contribution in [-0.4, -0.2) is 13.0 Å². The molecular weight excluding hydrogens is 310 g/mol. The third kappa shape index (κ3) is 3.13. The lowest BCUT2D eigenvalue weighted by atomic mass is 9.97. The van der Waals surface area contributed by atoms with Crippen LogP contribution in [0.15, 0.2) is 89.9 Å². The first-order valence-corrected chi connectivity index (χ1v) is 8.34. The van der Waals surface area contributed by atoms with Crippen LogP contribution in [0.1, 0.15) is 28.8 Å². The monoisotopic (exact) mass is 329 g/mol. The quantitative estimate of drug-likeness (QED) is 0.678. The molecule has 4 rings (SSSR count). The molecule has 0 fully saturated rings. The Hall–Kier alpha value is -3.07. The number of methoxy groups -OCH3 is 1. The smallest absolute Gasteiger partial charge is 0.217 e. The third-order valence-electron chi connectivity index (χ3n) is 4.37. The van der Waals surface area contributed by atoms with E-state index in [2.05, 4.69) is 24.3 Å². The highest BCUT2D eigenvalue weighted by atomic mass is 16.5. The average Bonchev–Trinajstić information content (AvgIpc) is 3.15. The third-order valence-corrected chi connectivity index (χ3v) is 4.37. The van der Waals surface area contributed by atoms with Crippen LogP contribution < -0.4 is 4.74 Å². The number of ether oxygens (including phenoxy) is 2. The van der Waals surface area contributed by atoms with Gasteiger partial charge in [-0.05, 0) is 29.3 Å². The second-order valence-corrected chi connectivity index (χ2v) is 5.97. The van der Waals surface area contributed by atoms with Gasteiger partial charge in [0.1, 0.15) is 11.8 Å². The summed E-state index contributed by atoms with van der Waals surface area (Å²) >= 11 is 0. The molecule has 3 aromatic rings. The van der Waals surface area contributed by atoms with Crippen LogP contribution in [0.4, 0.5) is 0 Å². The van der Waals surface area contributed by atoms with Gasteiger partial charge >= 0.3 is 0 Å². The Bertz CT molecular complexity index is 875. The van der Waals surface area contributed by atoms with Gasteiger partial charge in [-0.2, -0.15) is 0 Å². The number of benzene rings is 3. The maximum Gasteiger partial charge on any atom is 0.217 e. The molecule has 1 aliphatic heterocycles. The molecule has 1 aliphatic rings. The number of hydrogen-bond acceptors (Lipinski definition) is 3. The maximum atomic E-state index is 6.29. The van der Waals surface area contributed by atoms with Crippen LogP contribution >= 0.6 is 0 Å². The van der Waals surface area contributed by atoms with Gasteiger partial charge in [0.05, 0.1) is 7.11 Å². The summed E-state index contributed by atoms with van der Waals surface area (Å²) in [5.41, 5.74) is 3.20. The molecule has 3 nitrogen and oxygen atoms in total. The fraction of sp³-hybridized carbons (Fsp3) is 0.136. The summed E-state index contributed by atoms with van der Waals surface area (Å²) in [6, 6.07) is 28.3. The van der Waals surface area contributed by atoms with Crippen LogP contribution in [0.2, 0.25) is 0 Å². The van der Waals surface area contributed by atoms with Crippen LogP contribution in [0.25, 0.3) is 0 Å². The Kier molecular flexibility index (Phi) is 4.21. The van der Waals surface area contributed by atoms with Crippen molar-refractivity contribution in [3.8, 4) is 5.75 Å². The van der Waals surface area contributed by atoms with Gasteiger partial charge in [0, 0.05) is 5.56 Å². The normalized spacial score (nSPS) is 19.2. The van der Waals surface area contributed by atoms with Gasteiger partial charge in [-0.15, -0.1) is 0 Å². The van der Waals surface area contributed by atoms with Gasteiger partial charge < -0.3 is 9.47 Å². The lowest BCUT2D eigenvalue weighted by Gasteiger charge is -2.18. The highest BCUT2D eigenvalue weighted by molar-refractivity contribution is 5.96. The first kappa shape index (κ1) is 15.5. The topological polar surface area (TPSA) is 30.8 Å². The van der Waals surface area contributed by atoms with E-state index in [0.717, 1.165) is 22.4 Å². The van der Waals surface area contributed by atoms with Gasteiger partial charge in [0.2, 0.25) is 5.90 Å². The van der Waals surface area contributed by atoms with Crippen molar-refractivity contribution in [2.24, 2.45) is 4.99 Å². The van der Waals surface area contributed by atoms with Crippen molar-refractivity contribution in [2.45, 2.75) is 12.1 Å². The summed E-state index contributed by atoms with van der Waals surface area (Å²) in [5.74, 6) is 1.45. The molecule has 0 amide bonds. The molecule has 3 aromatic carbocycles. The lowest BCUT2D eigenvalue weighted by Crippen LogP contribution is -2.09. The van der Waals surface area contributed by atoms with Crippen LogP contribution in [0.3, 0.4) is 0 Å².